The van der Waals surface area contributed by atoms with Crippen LogP contribution in [0.1, 0.15) is 24.8 Å². The number of methoxy groups -OCH3 is 1. The number of alkyl halides is 1. The molecule has 5 heteroatoms. The zero-order chi connectivity index (χ0) is 12.3. The van der Waals surface area contributed by atoms with E-state index in [0.717, 1.165) is 24.3 Å². The van der Waals surface area contributed by atoms with Crippen LogP contribution in [0.15, 0.2) is 6.33 Å². The molecule has 1 aliphatic rings. The van der Waals surface area contributed by atoms with Crippen LogP contribution < -0.4 is 10.1 Å². The van der Waals surface area contributed by atoms with E-state index in [1.54, 1.807) is 7.11 Å². The van der Waals surface area contributed by atoms with E-state index >= 15 is 0 Å². The van der Waals surface area contributed by atoms with Crippen LogP contribution in [-0.2, 0) is 0 Å². The molecule has 0 spiro atoms. The van der Waals surface area contributed by atoms with Crippen LogP contribution >= 0.6 is 11.6 Å². The SMILES string of the molecule is COc1ncnc(NCC2CCCC2Cl)c1C. The smallest absolute Gasteiger partial charge is 0.221 e. The number of nitrogens with one attached hydrogen (secondary N) is 1. The van der Waals surface area contributed by atoms with E-state index in [-0.39, 0.29) is 0 Å². The van der Waals surface area contributed by atoms with E-state index in [1.807, 2.05) is 6.92 Å². The number of anilines is 1. The summed E-state index contributed by atoms with van der Waals surface area (Å²) >= 11 is 6.25. The monoisotopic (exact) mass is 255 g/mol. The molecular formula is C12H18ClN3O. The van der Waals surface area contributed by atoms with Crippen LogP contribution in [0, 0.1) is 12.8 Å². The third kappa shape index (κ3) is 2.80. The van der Waals surface area contributed by atoms with E-state index in [2.05, 4.69) is 15.3 Å². The molecule has 0 aromatic carbocycles. The molecule has 1 aromatic rings. The number of hydrogen-bond donors (Lipinski definition) is 1. The topological polar surface area (TPSA) is 47.0 Å². The van der Waals surface area contributed by atoms with E-state index in [0.29, 0.717) is 17.2 Å². The average molecular weight is 256 g/mol. The number of ether oxygens (including phenoxy) is 1. The van der Waals surface area contributed by atoms with Crippen LogP contribution in [0.4, 0.5) is 5.82 Å². The fourth-order valence-corrected chi connectivity index (χ4v) is 2.64. The van der Waals surface area contributed by atoms with Crippen molar-refractivity contribution in [2.24, 2.45) is 5.92 Å². The molecule has 2 unspecified atom stereocenters. The molecule has 1 N–H and O–H groups in total. The third-order valence-electron chi connectivity index (χ3n) is 3.33. The number of hydrogen-bond acceptors (Lipinski definition) is 4. The van der Waals surface area contributed by atoms with Gasteiger partial charge in [-0.1, -0.05) is 6.42 Å². The second kappa shape index (κ2) is 5.54. The minimum absolute atomic E-state index is 0.298. The summed E-state index contributed by atoms with van der Waals surface area (Å²) in [5, 5.41) is 3.64. The Bertz CT molecular complexity index is 386. The molecule has 1 aromatic heterocycles. The normalized spacial score (nSPS) is 23.7. The predicted molar refractivity (Wildman–Crippen MR) is 68.8 cm³/mol. The first kappa shape index (κ1) is 12.4. The lowest BCUT2D eigenvalue weighted by Crippen LogP contribution is -2.19. The summed E-state index contributed by atoms with van der Waals surface area (Å²) < 4.78 is 5.16. The molecule has 2 atom stereocenters. The van der Waals surface area contributed by atoms with Gasteiger partial charge in [0.15, 0.2) is 0 Å². The summed E-state index contributed by atoms with van der Waals surface area (Å²) in [6.07, 6.45) is 5.07. The van der Waals surface area contributed by atoms with E-state index < -0.39 is 0 Å². The van der Waals surface area contributed by atoms with Crippen molar-refractivity contribution in [2.45, 2.75) is 31.6 Å². The first-order chi connectivity index (χ1) is 8.22. The molecule has 17 heavy (non-hydrogen) atoms. The number of aromatic nitrogens is 2. The molecule has 0 saturated heterocycles. The lowest BCUT2D eigenvalue weighted by molar-refractivity contribution is 0.393. The van der Waals surface area contributed by atoms with Gasteiger partial charge in [0.05, 0.1) is 12.7 Å². The van der Waals surface area contributed by atoms with Crippen LogP contribution in [0.3, 0.4) is 0 Å². The first-order valence-corrected chi connectivity index (χ1v) is 6.39. The van der Waals surface area contributed by atoms with Gasteiger partial charge in [0, 0.05) is 11.9 Å². The Morgan fingerprint density at radius 1 is 1.47 bits per heavy atom. The highest BCUT2D eigenvalue weighted by Crippen LogP contribution is 2.30. The summed E-state index contributed by atoms with van der Waals surface area (Å²) in [6, 6.07) is 0. The highest BCUT2D eigenvalue weighted by atomic mass is 35.5. The van der Waals surface area contributed by atoms with E-state index in [1.165, 1.54) is 19.2 Å². The summed E-state index contributed by atoms with van der Waals surface area (Å²) in [7, 11) is 1.62. The summed E-state index contributed by atoms with van der Waals surface area (Å²) in [5.74, 6) is 2.00. The van der Waals surface area contributed by atoms with E-state index in [4.69, 9.17) is 16.3 Å². The van der Waals surface area contributed by atoms with Crippen molar-refractivity contribution in [3.63, 3.8) is 0 Å². The minimum atomic E-state index is 0.298. The van der Waals surface area contributed by atoms with Crippen molar-refractivity contribution in [3.05, 3.63) is 11.9 Å². The molecule has 0 aliphatic heterocycles. The molecule has 1 heterocycles. The number of nitrogens with zero attached hydrogens (tertiary/aromatic N) is 2. The fraction of sp³-hybridized carbons (Fsp3) is 0.667. The maximum atomic E-state index is 6.25. The first-order valence-electron chi connectivity index (χ1n) is 5.96. The molecule has 0 radical (unpaired) electrons. The zero-order valence-electron chi connectivity index (χ0n) is 10.2. The molecule has 2 rings (SSSR count). The molecule has 1 fully saturated rings. The average Bonchev–Trinajstić information content (AvgIpc) is 2.74. The summed E-state index contributed by atoms with van der Waals surface area (Å²) in [6.45, 7) is 2.82. The summed E-state index contributed by atoms with van der Waals surface area (Å²) in [5.41, 5.74) is 0.944. The van der Waals surface area contributed by atoms with Gasteiger partial charge in [0.25, 0.3) is 0 Å². The van der Waals surface area contributed by atoms with Gasteiger partial charge in [-0.3, -0.25) is 0 Å². The van der Waals surface area contributed by atoms with Crippen molar-refractivity contribution >= 4 is 17.4 Å². The van der Waals surface area contributed by atoms with Crippen molar-refractivity contribution < 1.29 is 4.74 Å². The Labute approximate surface area is 107 Å². The van der Waals surface area contributed by atoms with Crippen LogP contribution in [0.5, 0.6) is 5.88 Å². The Kier molecular flexibility index (Phi) is 4.05. The highest BCUT2D eigenvalue weighted by molar-refractivity contribution is 6.20. The van der Waals surface area contributed by atoms with Gasteiger partial charge < -0.3 is 10.1 Å². The Hall–Kier alpha value is -1.03. The Morgan fingerprint density at radius 2 is 2.29 bits per heavy atom. The fourth-order valence-electron chi connectivity index (χ4n) is 2.27. The maximum Gasteiger partial charge on any atom is 0.221 e. The van der Waals surface area contributed by atoms with Gasteiger partial charge in [-0.05, 0) is 25.7 Å². The Balaban J connectivity index is 1.99. The number of rotatable bonds is 4. The van der Waals surface area contributed by atoms with Gasteiger partial charge >= 0.3 is 0 Å². The van der Waals surface area contributed by atoms with Gasteiger partial charge in [0.1, 0.15) is 12.1 Å². The molecule has 0 bridgehead atoms. The molecule has 94 valence electrons. The van der Waals surface area contributed by atoms with Crippen molar-refractivity contribution in [3.8, 4) is 5.88 Å². The Morgan fingerprint density at radius 3 is 2.94 bits per heavy atom. The van der Waals surface area contributed by atoms with Gasteiger partial charge in [0.2, 0.25) is 5.88 Å². The maximum absolute atomic E-state index is 6.25. The minimum Gasteiger partial charge on any atom is -0.481 e. The van der Waals surface area contributed by atoms with Crippen LogP contribution in [-0.4, -0.2) is 29.0 Å². The second-order valence-corrected chi connectivity index (χ2v) is 5.01. The predicted octanol–water partition coefficient (Wildman–Crippen LogP) is 2.61. The molecule has 1 saturated carbocycles. The van der Waals surface area contributed by atoms with E-state index in [9.17, 15) is 0 Å². The van der Waals surface area contributed by atoms with Gasteiger partial charge in [-0.25, -0.2) is 9.97 Å². The quantitative estimate of drug-likeness (QED) is 0.841. The van der Waals surface area contributed by atoms with Crippen LogP contribution in [0.2, 0.25) is 0 Å². The number of halogens is 1. The lowest BCUT2D eigenvalue weighted by Gasteiger charge is -2.16. The lowest BCUT2D eigenvalue weighted by atomic mass is 10.1. The molecular weight excluding hydrogens is 238 g/mol. The standard InChI is InChI=1S/C12H18ClN3O/c1-8-11(15-7-16-12(8)17-2)14-6-9-4-3-5-10(9)13/h7,9-10H,3-6H2,1-2H3,(H,14,15,16). The summed E-state index contributed by atoms with van der Waals surface area (Å²) in [4.78, 5) is 8.28. The van der Waals surface area contributed by atoms with Crippen molar-refractivity contribution in [1.82, 2.24) is 9.97 Å². The molecule has 1 aliphatic carbocycles. The van der Waals surface area contributed by atoms with Gasteiger partial charge in [-0.15, -0.1) is 11.6 Å². The van der Waals surface area contributed by atoms with Crippen LogP contribution in [0.25, 0.3) is 0 Å². The second-order valence-electron chi connectivity index (χ2n) is 4.44. The molecule has 0 amide bonds. The van der Waals surface area contributed by atoms with Crippen molar-refractivity contribution in [2.75, 3.05) is 19.0 Å². The zero-order valence-corrected chi connectivity index (χ0v) is 11.0. The third-order valence-corrected chi connectivity index (χ3v) is 3.90. The van der Waals surface area contributed by atoms with Crippen molar-refractivity contribution in [1.29, 1.82) is 0 Å². The molecule has 4 nitrogen and oxygen atoms in total. The largest absolute Gasteiger partial charge is 0.481 e. The highest BCUT2D eigenvalue weighted by Gasteiger charge is 2.25. The van der Waals surface area contributed by atoms with Gasteiger partial charge in [-0.2, -0.15) is 0 Å².